The molecule has 2 heterocycles. The van der Waals surface area contributed by atoms with Crippen LogP contribution >= 0.6 is 0 Å². The van der Waals surface area contributed by atoms with Crippen molar-refractivity contribution in [1.29, 1.82) is 0 Å². The van der Waals surface area contributed by atoms with Gasteiger partial charge < -0.3 is 10.6 Å². The van der Waals surface area contributed by atoms with Crippen molar-refractivity contribution in [3.05, 3.63) is 48.9 Å². The van der Waals surface area contributed by atoms with Crippen LogP contribution in [-0.2, 0) is 6.54 Å². The van der Waals surface area contributed by atoms with Crippen molar-refractivity contribution in [2.24, 2.45) is 0 Å². The second-order valence-electron chi connectivity index (χ2n) is 3.51. The Bertz CT molecular complexity index is 499. The van der Waals surface area contributed by atoms with Crippen LogP contribution in [0.1, 0.15) is 5.69 Å². The van der Waals surface area contributed by atoms with Gasteiger partial charge in [0.1, 0.15) is 0 Å². The molecule has 92 valence electrons. The number of aromatic nitrogens is 4. The quantitative estimate of drug-likeness (QED) is 0.747. The van der Waals surface area contributed by atoms with Crippen molar-refractivity contribution in [3.8, 4) is 0 Å². The van der Waals surface area contributed by atoms with Crippen molar-refractivity contribution >= 4 is 11.8 Å². The van der Waals surface area contributed by atoms with Gasteiger partial charge in [0.15, 0.2) is 5.82 Å². The zero-order chi connectivity index (χ0) is 12.6. The second-order valence-corrected chi connectivity index (χ2v) is 3.51. The zero-order valence-corrected chi connectivity index (χ0v) is 9.87. The molecule has 0 bridgehead atoms. The summed E-state index contributed by atoms with van der Waals surface area (Å²) in [6, 6.07) is 5.77. The standard InChI is InChI=1S/C12H14N6/c1-2-6-14-12-17-11(9-16-18-12)15-8-10-5-3-4-7-13-10/h2-5,7,9H,1,6,8H2,(H2,14,15,17,18). The lowest BCUT2D eigenvalue weighted by Crippen LogP contribution is -2.08. The first kappa shape index (κ1) is 12.0. The predicted octanol–water partition coefficient (Wildman–Crippen LogP) is 1.48. The Kier molecular flexibility index (Phi) is 4.18. The van der Waals surface area contributed by atoms with Crippen LogP contribution in [0.25, 0.3) is 0 Å². The van der Waals surface area contributed by atoms with E-state index in [9.17, 15) is 0 Å². The molecular formula is C12H14N6. The molecule has 0 spiro atoms. The van der Waals surface area contributed by atoms with Gasteiger partial charge in [-0.3, -0.25) is 4.98 Å². The molecule has 0 atom stereocenters. The Morgan fingerprint density at radius 2 is 2.22 bits per heavy atom. The number of pyridine rings is 1. The first-order valence-electron chi connectivity index (χ1n) is 5.57. The average molecular weight is 242 g/mol. The summed E-state index contributed by atoms with van der Waals surface area (Å²) in [5, 5.41) is 13.8. The summed E-state index contributed by atoms with van der Waals surface area (Å²) in [5.41, 5.74) is 0.941. The van der Waals surface area contributed by atoms with E-state index < -0.39 is 0 Å². The molecule has 0 aromatic carbocycles. The van der Waals surface area contributed by atoms with Crippen LogP contribution in [-0.4, -0.2) is 26.7 Å². The highest BCUT2D eigenvalue weighted by molar-refractivity contribution is 5.37. The van der Waals surface area contributed by atoms with Gasteiger partial charge in [0, 0.05) is 12.7 Å². The van der Waals surface area contributed by atoms with Crippen LogP contribution in [0.3, 0.4) is 0 Å². The van der Waals surface area contributed by atoms with E-state index in [4.69, 9.17) is 0 Å². The van der Waals surface area contributed by atoms with Gasteiger partial charge in [-0.25, -0.2) is 0 Å². The van der Waals surface area contributed by atoms with Crippen molar-refractivity contribution < 1.29 is 0 Å². The molecule has 0 radical (unpaired) electrons. The summed E-state index contributed by atoms with van der Waals surface area (Å²) in [6.07, 6.45) is 5.06. The van der Waals surface area contributed by atoms with Crippen molar-refractivity contribution in [2.75, 3.05) is 17.2 Å². The van der Waals surface area contributed by atoms with Crippen LogP contribution in [0.5, 0.6) is 0 Å². The van der Waals surface area contributed by atoms with E-state index in [1.807, 2.05) is 18.2 Å². The van der Waals surface area contributed by atoms with E-state index in [1.54, 1.807) is 18.5 Å². The Morgan fingerprint density at radius 3 is 3.00 bits per heavy atom. The molecule has 2 aromatic rings. The highest BCUT2D eigenvalue weighted by atomic mass is 15.3. The van der Waals surface area contributed by atoms with Gasteiger partial charge in [0.2, 0.25) is 5.95 Å². The Hall–Kier alpha value is -2.50. The number of nitrogens with zero attached hydrogens (tertiary/aromatic N) is 4. The minimum Gasteiger partial charge on any atom is -0.363 e. The van der Waals surface area contributed by atoms with Crippen LogP contribution in [0.15, 0.2) is 43.2 Å². The maximum atomic E-state index is 4.25. The molecule has 2 N–H and O–H groups in total. The molecule has 6 heteroatoms. The van der Waals surface area contributed by atoms with Crippen molar-refractivity contribution in [2.45, 2.75) is 6.54 Å². The third-order valence-corrected chi connectivity index (χ3v) is 2.14. The molecule has 18 heavy (non-hydrogen) atoms. The molecule has 6 nitrogen and oxygen atoms in total. The van der Waals surface area contributed by atoms with Gasteiger partial charge in [-0.2, -0.15) is 10.1 Å². The molecule has 0 unspecified atom stereocenters. The molecule has 2 aromatic heterocycles. The zero-order valence-electron chi connectivity index (χ0n) is 9.87. The maximum Gasteiger partial charge on any atom is 0.244 e. The van der Waals surface area contributed by atoms with E-state index >= 15 is 0 Å². The lowest BCUT2D eigenvalue weighted by atomic mass is 10.3. The largest absolute Gasteiger partial charge is 0.363 e. The minimum atomic E-state index is 0.473. The molecule has 0 aliphatic carbocycles. The fraction of sp³-hybridized carbons (Fsp3) is 0.167. The second kappa shape index (κ2) is 6.29. The Labute approximate surface area is 105 Å². The normalized spacial score (nSPS) is 9.78. The first-order chi connectivity index (χ1) is 8.88. The molecule has 2 rings (SSSR count). The molecule has 0 aliphatic rings. The van der Waals surface area contributed by atoms with Crippen LogP contribution in [0, 0.1) is 0 Å². The van der Waals surface area contributed by atoms with Crippen molar-refractivity contribution in [3.63, 3.8) is 0 Å². The molecule has 0 fully saturated rings. The van der Waals surface area contributed by atoms with Gasteiger partial charge in [0.05, 0.1) is 18.4 Å². The van der Waals surface area contributed by atoms with E-state index in [1.165, 1.54) is 0 Å². The smallest absolute Gasteiger partial charge is 0.244 e. The van der Waals surface area contributed by atoms with Gasteiger partial charge in [-0.1, -0.05) is 12.1 Å². The first-order valence-corrected chi connectivity index (χ1v) is 5.57. The Balaban J connectivity index is 1.95. The summed E-state index contributed by atoms with van der Waals surface area (Å²) >= 11 is 0. The SMILES string of the molecule is C=CCNc1nncc(NCc2ccccn2)n1. The average Bonchev–Trinajstić information content (AvgIpc) is 2.44. The lowest BCUT2D eigenvalue weighted by molar-refractivity contribution is 0.945. The molecule has 0 saturated carbocycles. The summed E-state index contributed by atoms with van der Waals surface area (Å²) in [5.74, 6) is 1.13. The minimum absolute atomic E-state index is 0.473. The third kappa shape index (κ3) is 3.51. The number of hydrogen-bond acceptors (Lipinski definition) is 6. The van der Waals surface area contributed by atoms with Gasteiger partial charge >= 0.3 is 0 Å². The lowest BCUT2D eigenvalue weighted by Gasteiger charge is -2.06. The fourth-order valence-electron chi connectivity index (χ4n) is 1.31. The van der Waals surface area contributed by atoms with Crippen molar-refractivity contribution in [1.82, 2.24) is 20.2 Å². The molecule has 0 aliphatic heterocycles. The van der Waals surface area contributed by atoms with Gasteiger partial charge in [-0.05, 0) is 12.1 Å². The monoisotopic (exact) mass is 242 g/mol. The van der Waals surface area contributed by atoms with Crippen LogP contribution < -0.4 is 10.6 Å². The van der Waals surface area contributed by atoms with E-state index in [0.717, 1.165) is 5.69 Å². The van der Waals surface area contributed by atoms with Crippen LogP contribution in [0.2, 0.25) is 0 Å². The third-order valence-electron chi connectivity index (χ3n) is 2.14. The van der Waals surface area contributed by atoms with E-state index in [0.29, 0.717) is 24.9 Å². The summed E-state index contributed by atoms with van der Waals surface area (Å²) in [4.78, 5) is 8.46. The maximum absolute atomic E-state index is 4.25. The van der Waals surface area contributed by atoms with Gasteiger partial charge in [0.25, 0.3) is 0 Å². The molecular weight excluding hydrogens is 228 g/mol. The summed E-state index contributed by atoms with van der Waals surface area (Å²) < 4.78 is 0. The van der Waals surface area contributed by atoms with Gasteiger partial charge in [-0.15, -0.1) is 11.7 Å². The summed E-state index contributed by atoms with van der Waals surface area (Å²) in [7, 11) is 0. The van der Waals surface area contributed by atoms with E-state index in [2.05, 4.69) is 37.4 Å². The Morgan fingerprint density at radius 1 is 1.28 bits per heavy atom. The highest BCUT2D eigenvalue weighted by Gasteiger charge is 1.99. The fourth-order valence-corrected chi connectivity index (χ4v) is 1.31. The molecule has 0 saturated heterocycles. The predicted molar refractivity (Wildman–Crippen MR) is 70.1 cm³/mol. The number of rotatable bonds is 6. The topological polar surface area (TPSA) is 75.6 Å². The number of anilines is 2. The molecule has 0 amide bonds. The summed E-state index contributed by atoms with van der Waals surface area (Å²) in [6.45, 7) is 4.81. The van der Waals surface area contributed by atoms with E-state index in [-0.39, 0.29) is 0 Å². The van der Waals surface area contributed by atoms with Crippen LogP contribution in [0.4, 0.5) is 11.8 Å². The highest BCUT2D eigenvalue weighted by Crippen LogP contribution is 2.05. The number of nitrogens with one attached hydrogen (secondary N) is 2. The number of hydrogen-bond donors (Lipinski definition) is 2.